The fourth-order valence-electron chi connectivity index (χ4n) is 2.76. The molecular formula is C19H19ClN2O4. The normalized spacial score (nSPS) is 13.6. The van der Waals surface area contributed by atoms with Crippen LogP contribution in [0.5, 0.6) is 11.5 Å². The van der Waals surface area contributed by atoms with Gasteiger partial charge in [-0.2, -0.15) is 0 Å². The van der Waals surface area contributed by atoms with Crippen molar-refractivity contribution in [3.63, 3.8) is 0 Å². The Bertz CT molecular complexity index is 808. The third-order valence-corrected chi connectivity index (χ3v) is 4.26. The predicted molar refractivity (Wildman–Crippen MR) is 100 cm³/mol. The highest BCUT2D eigenvalue weighted by atomic mass is 35.5. The molecule has 2 aromatic rings. The van der Waals surface area contributed by atoms with Crippen LogP contribution in [-0.2, 0) is 9.59 Å². The molecule has 0 spiro atoms. The predicted octanol–water partition coefficient (Wildman–Crippen LogP) is 3.49. The minimum absolute atomic E-state index is 0.0536. The fraction of sp³-hybridized carbons (Fsp3) is 0.263. The van der Waals surface area contributed by atoms with E-state index in [0.717, 1.165) is 6.42 Å². The van der Waals surface area contributed by atoms with Crippen molar-refractivity contribution in [2.75, 3.05) is 30.5 Å². The van der Waals surface area contributed by atoms with Gasteiger partial charge in [-0.05, 0) is 48.9 Å². The van der Waals surface area contributed by atoms with Crippen LogP contribution in [0.25, 0.3) is 0 Å². The molecule has 0 unspecified atom stereocenters. The lowest BCUT2D eigenvalue weighted by Crippen LogP contribution is -2.25. The molecule has 1 heterocycles. The van der Waals surface area contributed by atoms with Crippen LogP contribution in [-0.4, -0.2) is 32.1 Å². The number of halogens is 1. The number of hydrogen-bond donors (Lipinski definition) is 1. The Morgan fingerprint density at radius 1 is 1.23 bits per heavy atom. The van der Waals surface area contributed by atoms with E-state index in [1.54, 1.807) is 54.5 Å². The Morgan fingerprint density at radius 3 is 2.65 bits per heavy atom. The summed E-state index contributed by atoms with van der Waals surface area (Å²) in [4.78, 5) is 25.8. The zero-order chi connectivity index (χ0) is 18.5. The van der Waals surface area contributed by atoms with E-state index in [1.807, 2.05) is 0 Å². The summed E-state index contributed by atoms with van der Waals surface area (Å²) < 4.78 is 10.8. The number of methoxy groups -OCH3 is 1. The van der Waals surface area contributed by atoms with E-state index < -0.39 is 0 Å². The van der Waals surface area contributed by atoms with E-state index in [1.165, 1.54) is 0 Å². The number of benzene rings is 2. The molecule has 1 aliphatic rings. The average molecular weight is 375 g/mol. The average Bonchev–Trinajstić information content (AvgIpc) is 3.07. The first kappa shape index (κ1) is 18.1. The summed E-state index contributed by atoms with van der Waals surface area (Å²) in [5.41, 5.74) is 1.23. The number of rotatable bonds is 6. The monoisotopic (exact) mass is 374 g/mol. The second-order valence-electron chi connectivity index (χ2n) is 5.83. The number of anilines is 2. The van der Waals surface area contributed by atoms with Crippen molar-refractivity contribution in [2.45, 2.75) is 12.8 Å². The van der Waals surface area contributed by atoms with Crippen LogP contribution in [0.1, 0.15) is 12.8 Å². The van der Waals surface area contributed by atoms with Crippen molar-refractivity contribution in [1.29, 1.82) is 0 Å². The van der Waals surface area contributed by atoms with Crippen LogP contribution in [0.15, 0.2) is 42.5 Å². The van der Waals surface area contributed by atoms with Gasteiger partial charge in [0.15, 0.2) is 6.61 Å². The summed E-state index contributed by atoms with van der Waals surface area (Å²) in [5, 5.41) is 3.37. The topological polar surface area (TPSA) is 67.9 Å². The van der Waals surface area contributed by atoms with Crippen molar-refractivity contribution in [2.24, 2.45) is 0 Å². The molecule has 2 amide bonds. The highest BCUT2D eigenvalue weighted by Gasteiger charge is 2.24. The first-order valence-corrected chi connectivity index (χ1v) is 8.61. The smallest absolute Gasteiger partial charge is 0.262 e. The van der Waals surface area contributed by atoms with Gasteiger partial charge in [0, 0.05) is 23.7 Å². The summed E-state index contributed by atoms with van der Waals surface area (Å²) in [6.07, 6.45) is 1.34. The highest BCUT2D eigenvalue weighted by Crippen LogP contribution is 2.34. The van der Waals surface area contributed by atoms with E-state index in [0.29, 0.717) is 40.9 Å². The zero-order valence-electron chi connectivity index (χ0n) is 14.3. The minimum atomic E-state index is -0.302. The van der Waals surface area contributed by atoms with Crippen LogP contribution in [0.4, 0.5) is 11.4 Å². The van der Waals surface area contributed by atoms with Gasteiger partial charge in [-0.25, -0.2) is 0 Å². The Hall–Kier alpha value is -2.73. The maximum absolute atomic E-state index is 12.1. The van der Waals surface area contributed by atoms with Crippen LogP contribution < -0.4 is 19.7 Å². The molecule has 1 saturated heterocycles. The van der Waals surface area contributed by atoms with Gasteiger partial charge in [0.25, 0.3) is 5.91 Å². The van der Waals surface area contributed by atoms with Gasteiger partial charge in [0.1, 0.15) is 11.5 Å². The Balaban J connectivity index is 1.66. The third-order valence-electron chi connectivity index (χ3n) is 4.01. The van der Waals surface area contributed by atoms with Gasteiger partial charge < -0.3 is 19.7 Å². The molecule has 0 bridgehead atoms. The summed E-state index contributed by atoms with van der Waals surface area (Å²) in [5.74, 6) is 0.903. The molecular weight excluding hydrogens is 356 g/mol. The number of hydrogen-bond acceptors (Lipinski definition) is 4. The molecule has 6 nitrogen and oxygen atoms in total. The molecule has 0 saturated carbocycles. The number of nitrogens with one attached hydrogen (secondary N) is 1. The minimum Gasteiger partial charge on any atom is -0.495 e. The van der Waals surface area contributed by atoms with Gasteiger partial charge in [-0.15, -0.1) is 0 Å². The van der Waals surface area contributed by atoms with Crippen molar-refractivity contribution in [3.05, 3.63) is 47.5 Å². The zero-order valence-corrected chi connectivity index (χ0v) is 15.1. The van der Waals surface area contributed by atoms with Gasteiger partial charge >= 0.3 is 0 Å². The molecule has 136 valence electrons. The van der Waals surface area contributed by atoms with Crippen LogP contribution in [0, 0.1) is 0 Å². The van der Waals surface area contributed by atoms with Crippen LogP contribution in [0.3, 0.4) is 0 Å². The number of amides is 2. The number of ether oxygens (including phenoxy) is 2. The number of nitrogens with zero attached hydrogens (tertiary/aromatic N) is 1. The first-order chi connectivity index (χ1) is 12.6. The van der Waals surface area contributed by atoms with Crippen molar-refractivity contribution >= 4 is 34.8 Å². The van der Waals surface area contributed by atoms with E-state index >= 15 is 0 Å². The Kier molecular flexibility index (Phi) is 5.63. The standard InChI is InChI=1S/C19H19ClN2O4/c1-25-17-9-6-14(11-16(17)22-10-2-3-19(22)24)21-18(23)12-26-15-7-4-13(20)5-8-15/h4-9,11H,2-3,10,12H2,1H3,(H,21,23). The number of carbonyl (C=O) groups is 2. The summed E-state index contributed by atoms with van der Waals surface area (Å²) in [7, 11) is 1.55. The molecule has 3 rings (SSSR count). The largest absolute Gasteiger partial charge is 0.495 e. The Morgan fingerprint density at radius 2 is 2.00 bits per heavy atom. The molecule has 1 N–H and O–H groups in total. The summed E-state index contributed by atoms with van der Waals surface area (Å²) in [6, 6.07) is 12.0. The summed E-state index contributed by atoms with van der Waals surface area (Å²) >= 11 is 5.81. The van der Waals surface area contributed by atoms with Gasteiger partial charge in [-0.3, -0.25) is 9.59 Å². The van der Waals surface area contributed by atoms with E-state index in [2.05, 4.69) is 5.32 Å². The lowest BCUT2D eigenvalue weighted by atomic mass is 10.2. The molecule has 26 heavy (non-hydrogen) atoms. The maximum Gasteiger partial charge on any atom is 0.262 e. The molecule has 0 radical (unpaired) electrons. The van der Waals surface area contributed by atoms with Crippen molar-refractivity contribution in [1.82, 2.24) is 0 Å². The fourth-order valence-corrected chi connectivity index (χ4v) is 2.88. The van der Waals surface area contributed by atoms with E-state index in [4.69, 9.17) is 21.1 Å². The number of carbonyl (C=O) groups excluding carboxylic acids is 2. The second-order valence-corrected chi connectivity index (χ2v) is 6.26. The van der Waals surface area contributed by atoms with E-state index in [-0.39, 0.29) is 18.4 Å². The molecule has 1 aliphatic heterocycles. The van der Waals surface area contributed by atoms with Gasteiger partial charge in [-0.1, -0.05) is 11.6 Å². The van der Waals surface area contributed by atoms with Crippen molar-refractivity contribution < 1.29 is 19.1 Å². The van der Waals surface area contributed by atoms with Crippen LogP contribution in [0.2, 0.25) is 5.02 Å². The molecule has 0 aromatic heterocycles. The van der Waals surface area contributed by atoms with Gasteiger partial charge in [0.05, 0.1) is 12.8 Å². The molecule has 2 aromatic carbocycles. The van der Waals surface area contributed by atoms with Crippen LogP contribution >= 0.6 is 11.6 Å². The maximum atomic E-state index is 12.1. The van der Waals surface area contributed by atoms with Crippen molar-refractivity contribution in [3.8, 4) is 11.5 Å². The highest BCUT2D eigenvalue weighted by molar-refractivity contribution is 6.30. The molecule has 0 atom stereocenters. The first-order valence-electron chi connectivity index (χ1n) is 8.23. The SMILES string of the molecule is COc1ccc(NC(=O)COc2ccc(Cl)cc2)cc1N1CCCC1=O. The Labute approximate surface area is 156 Å². The molecule has 1 fully saturated rings. The molecule has 0 aliphatic carbocycles. The van der Waals surface area contributed by atoms with E-state index in [9.17, 15) is 9.59 Å². The third kappa shape index (κ3) is 4.26. The lowest BCUT2D eigenvalue weighted by Gasteiger charge is -2.20. The van der Waals surface area contributed by atoms with Gasteiger partial charge in [0.2, 0.25) is 5.91 Å². The summed E-state index contributed by atoms with van der Waals surface area (Å²) in [6.45, 7) is 0.512. The quantitative estimate of drug-likeness (QED) is 0.840. The lowest BCUT2D eigenvalue weighted by molar-refractivity contribution is -0.118. The molecule has 7 heteroatoms. The second kappa shape index (κ2) is 8.10.